The number of hydrogen-bond donors (Lipinski definition) is 1. The summed E-state index contributed by atoms with van der Waals surface area (Å²) in [4.78, 5) is 10.5. The van der Waals surface area contributed by atoms with Crippen LogP contribution in [0, 0.1) is 17.0 Å². The van der Waals surface area contributed by atoms with E-state index >= 15 is 0 Å². The summed E-state index contributed by atoms with van der Waals surface area (Å²) in [5.41, 5.74) is 6.12. The zero-order chi connectivity index (χ0) is 13.4. The van der Waals surface area contributed by atoms with E-state index in [-0.39, 0.29) is 27.2 Å². The highest BCUT2D eigenvalue weighted by atomic mass is 35.5. The fourth-order valence-corrected chi connectivity index (χ4v) is 2.19. The van der Waals surface area contributed by atoms with Gasteiger partial charge >= 0.3 is 0 Å². The Balaban J connectivity index is 2.77. The fraction of sp³-hybridized carbons (Fsp3) is 0.100. The first kappa shape index (κ1) is 12.7. The van der Waals surface area contributed by atoms with Crippen LogP contribution in [-0.2, 0) is 0 Å². The maximum absolute atomic E-state index is 11.0. The first-order chi connectivity index (χ1) is 8.40. The number of halogens is 2. The molecule has 0 saturated carbocycles. The van der Waals surface area contributed by atoms with Gasteiger partial charge in [0, 0.05) is 22.8 Å². The number of aryl methyl sites for hydroxylation is 1. The van der Waals surface area contributed by atoms with Crippen LogP contribution in [0.5, 0.6) is 0 Å². The molecule has 0 radical (unpaired) electrons. The summed E-state index contributed by atoms with van der Waals surface area (Å²) in [6, 6.07) is 4.23. The van der Waals surface area contributed by atoms with Crippen LogP contribution in [0.4, 0.5) is 11.5 Å². The van der Waals surface area contributed by atoms with Crippen molar-refractivity contribution in [2.45, 2.75) is 6.92 Å². The van der Waals surface area contributed by atoms with Crippen LogP contribution in [0.2, 0.25) is 10.0 Å². The maximum atomic E-state index is 11.0. The van der Waals surface area contributed by atoms with Crippen molar-refractivity contribution < 1.29 is 4.92 Å². The second-order valence-corrected chi connectivity index (χ2v) is 4.48. The molecular formula is C10H8Cl2N4O2. The van der Waals surface area contributed by atoms with Crippen LogP contribution < -0.4 is 5.73 Å². The van der Waals surface area contributed by atoms with Crippen molar-refractivity contribution in [2.24, 2.45) is 0 Å². The summed E-state index contributed by atoms with van der Waals surface area (Å²) in [5.74, 6) is 0.257. The van der Waals surface area contributed by atoms with Gasteiger partial charge in [0.15, 0.2) is 5.69 Å². The van der Waals surface area contributed by atoms with Gasteiger partial charge in [0.05, 0.1) is 9.95 Å². The lowest BCUT2D eigenvalue weighted by molar-refractivity contribution is -0.384. The zero-order valence-corrected chi connectivity index (χ0v) is 10.7. The predicted molar refractivity (Wildman–Crippen MR) is 69.4 cm³/mol. The van der Waals surface area contributed by atoms with Crippen molar-refractivity contribution in [1.29, 1.82) is 0 Å². The SMILES string of the molecule is Cc1cc(N)nn1-c1c(Cl)cc(Cl)cc1[N+](=O)[O-]. The standard InChI is InChI=1S/C10H8Cl2N4O2/c1-5-2-9(13)14-15(5)10-7(12)3-6(11)4-8(10)16(17)18/h2-4H,1H3,(H2,13,14). The molecule has 18 heavy (non-hydrogen) atoms. The minimum absolute atomic E-state index is 0.139. The van der Waals surface area contributed by atoms with E-state index in [1.807, 2.05) is 0 Å². The number of nitrogen functional groups attached to an aromatic ring is 1. The molecule has 0 aliphatic rings. The second-order valence-electron chi connectivity index (χ2n) is 3.63. The number of aromatic nitrogens is 2. The molecular weight excluding hydrogens is 279 g/mol. The van der Waals surface area contributed by atoms with Gasteiger partial charge in [-0.05, 0) is 13.0 Å². The van der Waals surface area contributed by atoms with Crippen molar-refractivity contribution in [3.05, 3.63) is 44.1 Å². The van der Waals surface area contributed by atoms with Gasteiger partial charge in [-0.25, -0.2) is 4.68 Å². The smallest absolute Gasteiger partial charge is 0.297 e. The quantitative estimate of drug-likeness (QED) is 0.679. The van der Waals surface area contributed by atoms with E-state index in [0.717, 1.165) is 0 Å². The summed E-state index contributed by atoms with van der Waals surface area (Å²) >= 11 is 11.8. The van der Waals surface area contributed by atoms with E-state index in [1.165, 1.54) is 16.8 Å². The van der Waals surface area contributed by atoms with E-state index in [2.05, 4.69) is 5.10 Å². The van der Waals surface area contributed by atoms with Crippen molar-refractivity contribution in [2.75, 3.05) is 5.73 Å². The highest BCUT2D eigenvalue weighted by Gasteiger charge is 2.22. The van der Waals surface area contributed by atoms with E-state index in [1.54, 1.807) is 13.0 Å². The molecule has 0 atom stereocenters. The van der Waals surface area contributed by atoms with Crippen LogP contribution in [0.25, 0.3) is 5.69 Å². The molecule has 1 aromatic heterocycles. The molecule has 6 nitrogen and oxygen atoms in total. The Morgan fingerprint density at radius 2 is 2.06 bits per heavy atom. The Hall–Kier alpha value is -1.79. The highest BCUT2D eigenvalue weighted by molar-refractivity contribution is 6.36. The number of nitrogens with two attached hydrogens (primary N) is 1. The van der Waals surface area contributed by atoms with E-state index < -0.39 is 4.92 Å². The van der Waals surface area contributed by atoms with Gasteiger partial charge < -0.3 is 5.73 Å². The average molecular weight is 287 g/mol. The summed E-state index contributed by atoms with van der Waals surface area (Å²) in [6.45, 7) is 1.72. The molecule has 2 N–H and O–H groups in total. The van der Waals surface area contributed by atoms with Gasteiger partial charge in [0.1, 0.15) is 5.82 Å². The number of anilines is 1. The maximum Gasteiger partial charge on any atom is 0.297 e. The zero-order valence-electron chi connectivity index (χ0n) is 9.22. The molecule has 2 aromatic rings. The highest BCUT2D eigenvalue weighted by Crippen LogP contribution is 2.34. The number of benzene rings is 1. The molecule has 0 aliphatic carbocycles. The third-order valence-corrected chi connectivity index (χ3v) is 2.83. The van der Waals surface area contributed by atoms with Gasteiger partial charge in [0.2, 0.25) is 0 Å². The largest absolute Gasteiger partial charge is 0.382 e. The van der Waals surface area contributed by atoms with Crippen LogP contribution in [-0.4, -0.2) is 14.7 Å². The van der Waals surface area contributed by atoms with Gasteiger partial charge in [-0.15, -0.1) is 0 Å². The molecule has 0 saturated heterocycles. The first-order valence-electron chi connectivity index (χ1n) is 4.86. The van der Waals surface area contributed by atoms with Crippen molar-refractivity contribution in [3.8, 4) is 5.69 Å². The topological polar surface area (TPSA) is 87.0 Å². The number of hydrogen-bond acceptors (Lipinski definition) is 4. The molecule has 8 heteroatoms. The van der Waals surface area contributed by atoms with E-state index in [0.29, 0.717) is 5.69 Å². The summed E-state index contributed by atoms with van der Waals surface area (Å²) < 4.78 is 1.33. The molecule has 2 rings (SSSR count). The first-order valence-corrected chi connectivity index (χ1v) is 5.61. The number of nitro groups is 1. The molecule has 1 aromatic carbocycles. The van der Waals surface area contributed by atoms with Crippen LogP contribution in [0.15, 0.2) is 18.2 Å². The number of rotatable bonds is 2. The second kappa shape index (κ2) is 4.47. The van der Waals surface area contributed by atoms with Crippen LogP contribution >= 0.6 is 23.2 Å². The number of nitro benzene ring substituents is 1. The summed E-state index contributed by atoms with van der Waals surface area (Å²) in [5, 5.41) is 15.3. The Bertz CT molecular complexity index is 639. The summed E-state index contributed by atoms with van der Waals surface area (Å²) in [7, 11) is 0. The van der Waals surface area contributed by atoms with E-state index in [4.69, 9.17) is 28.9 Å². The molecule has 94 valence electrons. The normalized spacial score (nSPS) is 10.6. The van der Waals surface area contributed by atoms with Gasteiger partial charge in [-0.3, -0.25) is 10.1 Å². The molecule has 0 fully saturated rings. The lowest BCUT2D eigenvalue weighted by Crippen LogP contribution is -2.05. The van der Waals surface area contributed by atoms with E-state index in [9.17, 15) is 10.1 Å². The third-order valence-electron chi connectivity index (χ3n) is 2.32. The Labute approximate surface area is 112 Å². The molecule has 0 bridgehead atoms. The Morgan fingerprint density at radius 3 is 2.56 bits per heavy atom. The number of nitrogens with zero attached hydrogens (tertiary/aromatic N) is 3. The molecule has 0 unspecified atom stereocenters. The van der Waals surface area contributed by atoms with Gasteiger partial charge in [-0.1, -0.05) is 23.2 Å². The van der Waals surface area contributed by atoms with Crippen LogP contribution in [0.1, 0.15) is 5.69 Å². The monoisotopic (exact) mass is 286 g/mol. The minimum Gasteiger partial charge on any atom is -0.382 e. The lowest BCUT2D eigenvalue weighted by atomic mass is 10.2. The van der Waals surface area contributed by atoms with Crippen LogP contribution in [0.3, 0.4) is 0 Å². The Kier molecular flexibility index (Phi) is 3.14. The molecule has 0 spiro atoms. The molecule has 0 amide bonds. The summed E-state index contributed by atoms with van der Waals surface area (Å²) in [6.07, 6.45) is 0. The van der Waals surface area contributed by atoms with Gasteiger partial charge in [-0.2, -0.15) is 5.10 Å². The minimum atomic E-state index is -0.565. The Morgan fingerprint density at radius 1 is 1.39 bits per heavy atom. The van der Waals surface area contributed by atoms with Crippen molar-refractivity contribution >= 4 is 34.7 Å². The lowest BCUT2D eigenvalue weighted by Gasteiger charge is -2.08. The van der Waals surface area contributed by atoms with Gasteiger partial charge in [0.25, 0.3) is 5.69 Å². The fourth-order valence-electron chi connectivity index (χ4n) is 1.63. The van der Waals surface area contributed by atoms with Crippen molar-refractivity contribution in [3.63, 3.8) is 0 Å². The molecule has 1 heterocycles. The third kappa shape index (κ3) is 2.12. The average Bonchev–Trinajstić information content (AvgIpc) is 2.56. The predicted octanol–water partition coefficient (Wildman–Crippen LogP) is 2.98. The van der Waals surface area contributed by atoms with Crippen molar-refractivity contribution in [1.82, 2.24) is 9.78 Å². The molecule has 0 aliphatic heterocycles.